The fourth-order valence-electron chi connectivity index (χ4n) is 5.91. The Morgan fingerprint density at radius 3 is 2.60 bits per heavy atom. The van der Waals surface area contributed by atoms with Gasteiger partial charge in [0.25, 0.3) is 0 Å². The van der Waals surface area contributed by atoms with Crippen LogP contribution in [0.2, 0.25) is 0 Å². The average molecular weight is 554 g/mol. The molecule has 1 amide bonds. The highest BCUT2D eigenvalue weighted by molar-refractivity contribution is 5.85. The summed E-state index contributed by atoms with van der Waals surface area (Å²) in [5.41, 5.74) is 9.23. The summed E-state index contributed by atoms with van der Waals surface area (Å²) in [5.74, 6) is 1.34. The number of carbonyl (C=O) groups excluding carboxylic acids is 1. The molecule has 1 aromatic carbocycles. The van der Waals surface area contributed by atoms with Gasteiger partial charge in [0.05, 0.1) is 20.3 Å². The first-order valence-corrected chi connectivity index (χ1v) is 14.7. The van der Waals surface area contributed by atoms with Crippen molar-refractivity contribution >= 4 is 23.7 Å². The van der Waals surface area contributed by atoms with E-state index >= 15 is 0 Å². The first-order chi connectivity index (χ1) is 19.3. The Hall–Kier alpha value is -3.11. The van der Waals surface area contributed by atoms with Gasteiger partial charge in [-0.2, -0.15) is 9.97 Å². The highest BCUT2D eigenvalue weighted by Gasteiger charge is 2.44. The van der Waals surface area contributed by atoms with Crippen LogP contribution in [0, 0.1) is 5.41 Å². The van der Waals surface area contributed by atoms with Crippen molar-refractivity contribution in [3.63, 3.8) is 0 Å². The fourth-order valence-corrected chi connectivity index (χ4v) is 5.91. The SMILES string of the molecule is CCCCOc1nc(N)c(NC)c(N(C=O)Cc2ccc(CN3CC4(CCN(C(C)CC)CC4)C3)cc2OC)n1. The van der Waals surface area contributed by atoms with Crippen LogP contribution in [0.3, 0.4) is 0 Å². The molecular formula is C30H47N7O3. The summed E-state index contributed by atoms with van der Waals surface area (Å²) in [7, 11) is 3.39. The number of nitrogens with zero attached hydrogens (tertiary/aromatic N) is 5. The molecule has 1 spiro atoms. The first kappa shape index (κ1) is 29.9. The van der Waals surface area contributed by atoms with E-state index in [-0.39, 0.29) is 18.4 Å². The molecule has 4 rings (SSSR count). The number of carbonyl (C=O) groups is 1. The number of nitrogens with two attached hydrogens (primary N) is 1. The zero-order chi connectivity index (χ0) is 28.7. The number of piperidine rings is 1. The van der Waals surface area contributed by atoms with Gasteiger partial charge in [0.1, 0.15) is 11.4 Å². The van der Waals surface area contributed by atoms with Crippen LogP contribution >= 0.6 is 0 Å². The highest BCUT2D eigenvalue weighted by atomic mass is 16.5. The van der Waals surface area contributed by atoms with Crippen LogP contribution in [-0.2, 0) is 17.9 Å². The van der Waals surface area contributed by atoms with E-state index in [1.165, 1.54) is 42.8 Å². The van der Waals surface area contributed by atoms with Crippen molar-refractivity contribution in [2.45, 2.75) is 72.0 Å². The Labute approximate surface area is 239 Å². The Morgan fingerprint density at radius 2 is 1.98 bits per heavy atom. The van der Waals surface area contributed by atoms with E-state index in [1.807, 2.05) is 6.07 Å². The van der Waals surface area contributed by atoms with Gasteiger partial charge in [-0.15, -0.1) is 0 Å². The summed E-state index contributed by atoms with van der Waals surface area (Å²) < 4.78 is 11.4. The summed E-state index contributed by atoms with van der Waals surface area (Å²) in [6.07, 6.45) is 6.43. The second-order valence-corrected chi connectivity index (χ2v) is 11.4. The summed E-state index contributed by atoms with van der Waals surface area (Å²) in [6.45, 7) is 13.1. The normalized spacial score (nSPS) is 17.7. The van der Waals surface area contributed by atoms with Gasteiger partial charge in [0.15, 0.2) is 11.6 Å². The van der Waals surface area contributed by atoms with E-state index in [9.17, 15) is 4.79 Å². The second-order valence-electron chi connectivity index (χ2n) is 11.4. The van der Waals surface area contributed by atoms with Crippen molar-refractivity contribution in [3.05, 3.63) is 29.3 Å². The van der Waals surface area contributed by atoms with Gasteiger partial charge in [-0.05, 0) is 62.7 Å². The Bertz CT molecular complexity index is 1130. The van der Waals surface area contributed by atoms with Crippen molar-refractivity contribution in [3.8, 4) is 11.8 Å². The molecule has 0 bridgehead atoms. The number of likely N-dealkylation sites (tertiary alicyclic amines) is 2. The maximum Gasteiger partial charge on any atom is 0.320 e. The number of benzene rings is 1. The van der Waals surface area contributed by atoms with Crippen molar-refractivity contribution in [2.24, 2.45) is 5.41 Å². The molecule has 220 valence electrons. The van der Waals surface area contributed by atoms with Gasteiger partial charge < -0.3 is 25.4 Å². The van der Waals surface area contributed by atoms with Crippen LogP contribution < -0.4 is 25.4 Å². The zero-order valence-corrected chi connectivity index (χ0v) is 24.9. The average Bonchev–Trinajstić information content (AvgIpc) is 2.95. The number of anilines is 3. The monoisotopic (exact) mass is 553 g/mol. The lowest BCUT2D eigenvalue weighted by Crippen LogP contribution is -2.60. The molecule has 1 aromatic heterocycles. The number of unbranched alkanes of at least 4 members (excludes halogenated alkanes) is 1. The third-order valence-corrected chi connectivity index (χ3v) is 8.56. The number of hydrogen-bond donors (Lipinski definition) is 2. The maximum absolute atomic E-state index is 12.2. The van der Waals surface area contributed by atoms with Crippen LogP contribution in [0.25, 0.3) is 0 Å². The third-order valence-electron chi connectivity index (χ3n) is 8.56. The molecule has 3 heterocycles. The molecule has 10 nitrogen and oxygen atoms in total. The summed E-state index contributed by atoms with van der Waals surface area (Å²) >= 11 is 0. The zero-order valence-electron chi connectivity index (χ0n) is 24.9. The summed E-state index contributed by atoms with van der Waals surface area (Å²) in [6, 6.07) is 7.10. The number of nitrogens with one attached hydrogen (secondary N) is 1. The molecule has 40 heavy (non-hydrogen) atoms. The maximum atomic E-state index is 12.2. The molecule has 0 saturated carbocycles. The second kappa shape index (κ2) is 13.5. The van der Waals surface area contributed by atoms with Crippen LogP contribution in [0.15, 0.2) is 18.2 Å². The molecule has 0 aliphatic carbocycles. The Balaban J connectivity index is 1.41. The van der Waals surface area contributed by atoms with E-state index < -0.39 is 0 Å². The van der Waals surface area contributed by atoms with Crippen molar-refractivity contribution in [1.82, 2.24) is 19.8 Å². The lowest BCUT2D eigenvalue weighted by atomic mass is 9.71. The van der Waals surface area contributed by atoms with Gasteiger partial charge in [-0.1, -0.05) is 32.4 Å². The molecule has 3 N–H and O–H groups in total. The van der Waals surface area contributed by atoms with Gasteiger partial charge in [-0.3, -0.25) is 14.6 Å². The lowest BCUT2D eigenvalue weighted by Gasteiger charge is -2.55. The van der Waals surface area contributed by atoms with Crippen LogP contribution in [-0.4, -0.2) is 79.2 Å². The van der Waals surface area contributed by atoms with Gasteiger partial charge in [-0.25, -0.2) is 0 Å². The smallest absolute Gasteiger partial charge is 0.320 e. The minimum Gasteiger partial charge on any atom is -0.496 e. The Morgan fingerprint density at radius 1 is 1.23 bits per heavy atom. The fraction of sp³-hybridized carbons (Fsp3) is 0.633. The first-order valence-electron chi connectivity index (χ1n) is 14.7. The van der Waals surface area contributed by atoms with Crippen LogP contribution in [0.4, 0.5) is 17.3 Å². The topological polar surface area (TPSA) is 109 Å². The van der Waals surface area contributed by atoms with E-state index in [4.69, 9.17) is 15.2 Å². The van der Waals surface area contributed by atoms with E-state index in [0.29, 0.717) is 29.6 Å². The Kier molecular flexibility index (Phi) is 10.1. The standard InChI is InChI=1S/C30H47N7O3/c1-6-8-15-40-29-33-27(31)26(32-4)28(34-29)37(21-38)18-24-10-9-23(16-25(24)39-5)17-35-19-30(20-35)11-13-36(14-12-30)22(3)7-2/h9-10,16,21-22,32H,6-8,11-15,17-20H2,1-5H3,(H2,31,33,34). The predicted octanol–water partition coefficient (Wildman–Crippen LogP) is 4.15. The minimum absolute atomic E-state index is 0.159. The molecule has 1 atom stereocenters. The number of aromatic nitrogens is 2. The molecular weight excluding hydrogens is 506 g/mol. The number of hydrogen-bond acceptors (Lipinski definition) is 9. The molecule has 2 saturated heterocycles. The van der Waals surface area contributed by atoms with Crippen molar-refractivity contribution < 1.29 is 14.3 Å². The summed E-state index contributed by atoms with van der Waals surface area (Å²) in [5, 5.41) is 3.02. The largest absolute Gasteiger partial charge is 0.496 e. The number of methoxy groups -OCH3 is 1. The van der Waals surface area contributed by atoms with Crippen LogP contribution in [0.5, 0.6) is 11.8 Å². The molecule has 2 aliphatic rings. The van der Waals surface area contributed by atoms with E-state index in [1.54, 1.807) is 14.2 Å². The third kappa shape index (κ3) is 6.78. The predicted molar refractivity (Wildman–Crippen MR) is 160 cm³/mol. The van der Waals surface area contributed by atoms with Crippen molar-refractivity contribution in [2.75, 3.05) is 62.9 Å². The van der Waals surface area contributed by atoms with Crippen LogP contribution in [0.1, 0.15) is 64.0 Å². The number of nitrogen functional groups attached to an aromatic ring is 1. The number of amides is 1. The molecule has 2 aliphatic heterocycles. The van der Waals surface area contributed by atoms with Gasteiger partial charge in [0, 0.05) is 38.3 Å². The van der Waals surface area contributed by atoms with E-state index in [2.05, 4.69) is 58.0 Å². The minimum atomic E-state index is 0.159. The quantitative estimate of drug-likeness (QED) is 0.263. The van der Waals surface area contributed by atoms with E-state index in [0.717, 1.165) is 50.2 Å². The highest BCUT2D eigenvalue weighted by Crippen LogP contribution is 2.42. The van der Waals surface area contributed by atoms with Gasteiger partial charge in [0.2, 0.25) is 6.41 Å². The number of ether oxygens (including phenoxy) is 2. The molecule has 2 aromatic rings. The molecule has 0 radical (unpaired) electrons. The lowest BCUT2D eigenvalue weighted by molar-refractivity contribution is -0.107. The van der Waals surface area contributed by atoms with Crippen molar-refractivity contribution in [1.29, 1.82) is 0 Å². The number of rotatable bonds is 14. The molecule has 2 fully saturated rings. The molecule has 10 heteroatoms. The van der Waals surface area contributed by atoms with Gasteiger partial charge >= 0.3 is 6.01 Å². The summed E-state index contributed by atoms with van der Waals surface area (Å²) in [4.78, 5) is 27.7. The molecule has 1 unspecified atom stereocenters.